The summed E-state index contributed by atoms with van der Waals surface area (Å²) in [6.07, 6.45) is 1.85. The van der Waals surface area contributed by atoms with Crippen molar-refractivity contribution in [3.63, 3.8) is 0 Å². The standard InChI is InChI=1S/CH4INS/c1-4-3-2/h3H,1H3/i/hT. The molecule has 0 aromatic carbocycles. The average Bonchev–Trinajstić information content (AvgIpc) is 1.38. The number of rotatable bonds is 1. The van der Waals surface area contributed by atoms with Crippen LogP contribution < -0.4 is 2.93 Å². The largest absolute Gasteiger partial charge is 0.205 e. The number of nitrogens with one attached hydrogen (secondary N) is 1. The molecule has 0 amide bonds. The van der Waals surface area contributed by atoms with Crippen LogP contribution in [-0.4, -0.2) is 6.26 Å². The second-order valence-electron chi connectivity index (χ2n) is 0.252. The molecule has 1 nitrogen and oxygen atoms in total. The van der Waals surface area contributed by atoms with Gasteiger partial charge in [0.25, 0.3) is 0 Å². The van der Waals surface area contributed by atoms with Crippen LogP contribution in [0.2, 0.25) is 1.41 Å². The molecule has 0 aliphatic heterocycles. The topological polar surface area (TPSA) is 12.0 Å². The molecule has 0 unspecified atom stereocenters. The molecular weight excluding hydrogens is 185 g/mol. The van der Waals surface area contributed by atoms with Crippen LogP contribution in [0.4, 0.5) is 0 Å². The summed E-state index contributed by atoms with van der Waals surface area (Å²) in [4.78, 5) is 0. The van der Waals surface area contributed by atoms with Crippen LogP contribution in [0, 0.1) is 0 Å². The molecule has 0 saturated heterocycles. The van der Waals surface area contributed by atoms with E-state index >= 15 is 0 Å². The molecule has 0 aliphatic rings. The van der Waals surface area contributed by atoms with Gasteiger partial charge in [-0.15, -0.1) is 0 Å². The van der Waals surface area contributed by atoms with Gasteiger partial charge in [0, 0.05) is 22.9 Å². The average molecular weight is 191 g/mol. The first-order chi connectivity index (χ1) is 2.27. The minimum absolute atomic E-state index is 1.26. The van der Waals surface area contributed by atoms with E-state index in [0.717, 1.165) is 0 Å². The zero-order valence-electron chi connectivity index (χ0n) is 3.23. The Hall–Kier alpha value is 1.04. The van der Waals surface area contributed by atoms with Crippen LogP contribution in [-0.2, 0) is 0 Å². The predicted octanol–water partition coefficient (Wildman–Crippen LogP) is 1.20. The maximum atomic E-state index is 6.61. The third-order valence-corrected chi connectivity index (χ3v) is 1.39. The summed E-state index contributed by atoms with van der Waals surface area (Å²) >= 11 is 3.24. The molecule has 0 aliphatic carbocycles. The number of hydrogen-bond acceptors (Lipinski definition) is 2. The fraction of sp³-hybridized carbons (Fsp3) is 1.00. The van der Waals surface area contributed by atoms with Crippen molar-refractivity contribution >= 4 is 34.8 Å². The molecule has 0 aromatic rings. The minimum Gasteiger partial charge on any atom is -0.205 e. The van der Waals surface area contributed by atoms with Crippen molar-refractivity contribution in [1.82, 2.24) is 2.93 Å². The smallest absolute Gasteiger partial charge is 0.148 e. The van der Waals surface area contributed by atoms with E-state index in [9.17, 15) is 0 Å². The Kier molecular flexibility index (Phi) is 3.27. The van der Waals surface area contributed by atoms with Gasteiger partial charge < -0.3 is 0 Å². The van der Waals surface area contributed by atoms with Crippen molar-refractivity contribution in [3.8, 4) is 0 Å². The highest BCUT2D eigenvalue weighted by Crippen LogP contribution is 1.82. The molecule has 0 radical (unpaired) electrons. The molecule has 0 rings (SSSR count). The number of halogens is 1. The Morgan fingerprint density at radius 2 is 2.75 bits per heavy atom. The molecule has 0 aromatic heterocycles. The van der Waals surface area contributed by atoms with Crippen molar-refractivity contribution in [1.29, 1.82) is 0 Å². The fourth-order valence-corrected chi connectivity index (χ4v) is 0. The molecule has 0 atom stereocenters. The molecule has 0 spiro atoms. The zero-order valence-corrected chi connectivity index (χ0v) is 5.21. The van der Waals surface area contributed by atoms with E-state index in [2.05, 4.69) is 0 Å². The van der Waals surface area contributed by atoms with Crippen molar-refractivity contribution in [2.24, 2.45) is 0 Å². The SMILES string of the molecule is [3H]N(I)SC. The Labute approximate surface area is 45.6 Å². The van der Waals surface area contributed by atoms with Crippen molar-refractivity contribution in [3.05, 3.63) is 0 Å². The molecule has 0 heterocycles. The van der Waals surface area contributed by atoms with Crippen molar-refractivity contribution in [2.45, 2.75) is 0 Å². The van der Waals surface area contributed by atoms with Gasteiger partial charge >= 0.3 is 0 Å². The van der Waals surface area contributed by atoms with Crippen LogP contribution in [0.5, 0.6) is 0 Å². The lowest BCUT2D eigenvalue weighted by Gasteiger charge is -1.72. The number of hydrogen-bond donors (Lipinski definition) is 1. The maximum Gasteiger partial charge on any atom is 0.148 e. The second kappa shape index (κ2) is 4.04. The van der Waals surface area contributed by atoms with Gasteiger partial charge in [-0.3, -0.25) is 0 Å². The Morgan fingerprint density at radius 1 is 2.50 bits per heavy atom. The minimum atomic E-state index is 1.26. The van der Waals surface area contributed by atoms with Gasteiger partial charge in [-0.2, -0.15) is 0 Å². The lowest BCUT2D eigenvalue weighted by atomic mass is 12.0. The van der Waals surface area contributed by atoms with Crippen molar-refractivity contribution < 1.29 is 1.41 Å². The second-order valence-corrected chi connectivity index (χ2v) is 1.94. The molecule has 1 N–H and O–H groups in total. The van der Waals surface area contributed by atoms with Crippen LogP contribution in [0.3, 0.4) is 0 Å². The first-order valence-corrected chi connectivity index (χ1v) is 2.91. The zero-order chi connectivity index (χ0) is 4.28. The fourth-order valence-electron chi connectivity index (χ4n) is 0. The monoisotopic (exact) mass is 191 g/mol. The summed E-state index contributed by atoms with van der Waals surface area (Å²) in [7, 11) is 0. The highest BCUT2D eigenvalue weighted by Gasteiger charge is 1.52. The van der Waals surface area contributed by atoms with Gasteiger partial charge in [0.15, 0.2) is 0 Å². The van der Waals surface area contributed by atoms with Gasteiger partial charge in [-0.05, 0) is 6.26 Å². The van der Waals surface area contributed by atoms with Crippen molar-refractivity contribution in [2.75, 3.05) is 6.26 Å². The molecule has 3 heteroatoms. The van der Waals surface area contributed by atoms with Crippen LogP contribution >= 0.6 is 34.8 Å². The maximum absolute atomic E-state index is 6.61. The van der Waals surface area contributed by atoms with Gasteiger partial charge in [-0.1, -0.05) is 11.9 Å². The molecule has 0 bridgehead atoms. The summed E-state index contributed by atoms with van der Waals surface area (Å²) in [5.74, 6) is 0. The third-order valence-electron chi connectivity index (χ3n) is 0.0690. The van der Waals surface area contributed by atoms with Gasteiger partial charge in [0.1, 0.15) is 1.41 Å². The third kappa shape index (κ3) is 3.04. The van der Waals surface area contributed by atoms with E-state index in [4.69, 9.17) is 1.41 Å². The predicted molar refractivity (Wildman–Crippen MR) is 30.7 cm³/mol. The highest BCUT2D eigenvalue weighted by molar-refractivity contribution is 14.1. The van der Waals surface area contributed by atoms with E-state index < -0.39 is 0 Å². The lowest BCUT2D eigenvalue weighted by Crippen LogP contribution is -1.69. The first-order valence-electron chi connectivity index (χ1n) is 1.21. The summed E-state index contributed by atoms with van der Waals surface area (Å²) in [5.41, 5.74) is 0. The van der Waals surface area contributed by atoms with Crippen LogP contribution in [0.25, 0.3) is 0 Å². The van der Waals surface area contributed by atoms with Crippen LogP contribution in [0.15, 0.2) is 0 Å². The van der Waals surface area contributed by atoms with E-state index in [1.54, 1.807) is 0 Å². The Balaban J connectivity index is 2.54. The summed E-state index contributed by atoms with van der Waals surface area (Å²) in [6.45, 7) is 0. The molecular formula is CH4INS. The summed E-state index contributed by atoms with van der Waals surface area (Å²) < 4.78 is 7.87. The molecule has 26 valence electrons. The van der Waals surface area contributed by atoms with Gasteiger partial charge in [0.05, 0.1) is 0 Å². The van der Waals surface area contributed by atoms with E-state index in [1.807, 2.05) is 29.1 Å². The summed E-state index contributed by atoms with van der Waals surface area (Å²) in [5, 5.41) is 0. The molecule has 0 saturated carbocycles. The van der Waals surface area contributed by atoms with E-state index in [-0.39, 0.29) is 0 Å². The first kappa shape index (κ1) is 3.24. The van der Waals surface area contributed by atoms with Gasteiger partial charge in [-0.25, -0.2) is 2.93 Å². The lowest BCUT2D eigenvalue weighted by molar-refractivity contribution is 1.87. The quantitative estimate of drug-likeness (QED) is 0.379. The summed E-state index contributed by atoms with van der Waals surface area (Å²) in [6, 6.07) is 0. The Morgan fingerprint density at radius 3 is 2.75 bits per heavy atom. The van der Waals surface area contributed by atoms with Gasteiger partial charge in [0.2, 0.25) is 0 Å². The normalized spacial score (nSPS) is 12.2. The van der Waals surface area contributed by atoms with Crippen LogP contribution in [0.1, 0.15) is 0 Å². The highest BCUT2D eigenvalue weighted by atomic mass is 127. The Bertz CT molecular complexity index is 25.6. The molecule has 4 heavy (non-hydrogen) atoms. The van der Waals surface area contributed by atoms with E-state index in [0.29, 0.717) is 0 Å². The van der Waals surface area contributed by atoms with E-state index in [1.165, 1.54) is 14.9 Å². The molecule has 0 fully saturated rings.